The molecule has 0 heterocycles. The molecule has 0 amide bonds. The molecule has 0 radical (unpaired) electrons. The fourth-order valence-electron chi connectivity index (χ4n) is 1.56. The van der Waals surface area contributed by atoms with Crippen molar-refractivity contribution in [1.29, 1.82) is 0 Å². The summed E-state index contributed by atoms with van der Waals surface area (Å²) in [6.45, 7) is 4.68. The zero-order chi connectivity index (χ0) is 15.0. The number of halogens is 1. The Morgan fingerprint density at radius 1 is 1.15 bits per heavy atom. The van der Waals surface area contributed by atoms with E-state index in [1.807, 2.05) is 13.8 Å². The van der Waals surface area contributed by atoms with Crippen LogP contribution in [0.5, 0.6) is 0 Å². The third kappa shape index (κ3) is 5.49. The first-order valence-corrected chi connectivity index (χ1v) is 9.01. The van der Waals surface area contributed by atoms with E-state index in [0.717, 1.165) is 5.56 Å². The van der Waals surface area contributed by atoms with Crippen molar-refractivity contribution in [2.24, 2.45) is 0 Å². The molecule has 0 aliphatic rings. The molecule has 0 atom stereocenters. The van der Waals surface area contributed by atoms with Crippen molar-refractivity contribution in [2.75, 3.05) is 19.8 Å². The number of hydrogen-bond donors (Lipinski definition) is 1. The summed E-state index contributed by atoms with van der Waals surface area (Å²) in [5.74, 6) is 0. The van der Waals surface area contributed by atoms with E-state index < -0.39 is 16.3 Å². The first-order chi connectivity index (χ1) is 9.53. The molecule has 0 saturated carbocycles. The van der Waals surface area contributed by atoms with Crippen LogP contribution in [0.25, 0.3) is 0 Å². The van der Waals surface area contributed by atoms with E-state index in [4.69, 9.17) is 9.47 Å². The molecule has 0 aromatic heterocycles. The average Bonchev–Trinajstić information content (AvgIpc) is 2.45. The van der Waals surface area contributed by atoms with Crippen molar-refractivity contribution in [3.63, 3.8) is 0 Å². The quantitative estimate of drug-likeness (QED) is 0.538. The topological polar surface area (TPSA) is 64.6 Å². The number of nitrogens with one attached hydrogen (secondary N) is 1. The fourth-order valence-corrected chi connectivity index (χ4v) is 2.95. The maximum absolute atomic E-state index is 12.1. The third-order valence-corrected chi connectivity index (χ3v) is 4.62. The molecule has 20 heavy (non-hydrogen) atoms. The lowest BCUT2D eigenvalue weighted by Gasteiger charge is -2.17. The van der Waals surface area contributed by atoms with Gasteiger partial charge in [-0.3, -0.25) is 0 Å². The molecule has 0 saturated heterocycles. The van der Waals surface area contributed by atoms with E-state index in [1.165, 1.54) is 0 Å². The number of sulfonamides is 1. The molecule has 0 aliphatic heterocycles. The van der Waals surface area contributed by atoms with Crippen molar-refractivity contribution >= 4 is 26.0 Å². The summed E-state index contributed by atoms with van der Waals surface area (Å²) >= 11 is 3.32. The highest BCUT2D eigenvalue weighted by Gasteiger charge is 2.17. The van der Waals surface area contributed by atoms with Gasteiger partial charge in [0.05, 0.1) is 11.4 Å². The lowest BCUT2D eigenvalue weighted by molar-refractivity contribution is -0.130. The second-order valence-electron chi connectivity index (χ2n) is 3.97. The normalized spacial score (nSPS) is 12.0. The van der Waals surface area contributed by atoms with E-state index in [-0.39, 0.29) is 11.4 Å². The van der Waals surface area contributed by atoms with Crippen LogP contribution in [0.2, 0.25) is 0 Å². The summed E-state index contributed by atoms with van der Waals surface area (Å²) in [5.41, 5.74) is 1.02. The van der Waals surface area contributed by atoms with Crippen molar-refractivity contribution in [2.45, 2.75) is 30.4 Å². The van der Waals surface area contributed by atoms with Crippen LogP contribution in [0.3, 0.4) is 0 Å². The molecule has 1 aromatic carbocycles. The van der Waals surface area contributed by atoms with Gasteiger partial charge in [0.1, 0.15) is 0 Å². The maximum atomic E-state index is 12.1. The molecular formula is C13H20BrNO4S. The van der Waals surface area contributed by atoms with Crippen LogP contribution in [-0.2, 0) is 24.8 Å². The van der Waals surface area contributed by atoms with Crippen molar-refractivity contribution in [1.82, 2.24) is 4.72 Å². The molecule has 0 fully saturated rings. The van der Waals surface area contributed by atoms with Crippen LogP contribution in [0, 0.1) is 0 Å². The summed E-state index contributed by atoms with van der Waals surface area (Å²) < 4.78 is 37.3. The Hall–Kier alpha value is -0.470. The van der Waals surface area contributed by atoms with Gasteiger partial charge in [0, 0.05) is 18.5 Å². The van der Waals surface area contributed by atoms with Gasteiger partial charge in [0.2, 0.25) is 10.0 Å². The molecule has 7 heteroatoms. The molecule has 114 valence electrons. The Morgan fingerprint density at radius 2 is 1.70 bits per heavy atom. The molecule has 5 nitrogen and oxygen atoms in total. The first kappa shape index (κ1) is 17.6. The van der Waals surface area contributed by atoms with Gasteiger partial charge in [-0.05, 0) is 31.5 Å². The van der Waals surface area contributed by atoms with Crippen LogP contribution in [0.15, 0.2) is 29.2 Å². The van der Waals surface area contributed by atoms with Gasteiger partial charge in [-0.25, -0.2) is 13.1 Å². The number of benzene rings is 1. The van der Waals surface area contributed by atoms with E-state index in [1.54, 1.807) is 24.3 Å². The number of rotatable bonds is 9. The molecule has 1 aromatic rings. The zero-order valence-corrected chi connectivity index (χ0v) is 14.0. The third-order valence-electron chi connectivity index (χ3n) is 2.53. The second-order valence-corrected chi connectivity index (χ2v) is 6.30. The summed E-state index contributed by atoms with van der Waals surface area (Å²) in [6, 6.07) is 6.70. The molecule has 1 rings (SSSR count). The minimum atomic E-state index is -3.54. The Balaban J connectivity index is 2.68. The van der Waals surface area contributed by atoms with Crippen LogP contribution in [0.4, 0.5) is 0 Å². The summed E-state index contributed by atoms with van der Waals surface area (Å²) in [7, 11) is -3.54. The largest absolute Gasteiger partial charge is 0.352 e. The molecule has 0 spiro atoms. The molecule has 0 unspecified atom stereocenters. The Kier molecular flexibility index (Phi) is 7.68. The Labute approximate surface area is 128 Å². The Morgan fingerprint density at radius 3 is 2.15 bits per heavy atom. The fraction of sp³-hybridized carbons (Fsp3) is 0.538. The van der Waals surface area contributed by atoms with Gasteiger partial charge in [-0.1, -0.05) is 28.1 Å². The van der Waals surface area contributed by atoms with E-state index in [2.05, 4.69) is 20.7 Å². The monoisotopic (exact) mass is 365 g/mol. The minimum absolute atomic E-state index is 0.0875. The minimum Gasteiger partial charge on any atom is -0.352 e. The molecule has 0 bridgehead atoms. The van der Waals surface area contributed by atoms with E-state index in [0.29, 0.717) is 18.5 Å². The molecule has 0 aliphatic carbocycles. The van der Waals surface area contributed by atoms with Gasteiger partial charge >= 0.3 is 0 Å². The van der Waals surface area contributed by atoms with E-state index in [9.17, 15) is 8.42 Å². The van der Waals surface area contributed by atoms with Gasteiger partial charge in [-0.2, -0.15) is 0 Å². The summed E-state index contributed by atoms with van der Waals surface area (Å²) in [6.07, 6.45) is -0.568. The predicted molar refractivity (Wildman–Crippen MR) is 81.3 cm³/mol. The van der Waals surface area contributed by atoms with Crippen LogP contribution >= 0.6 is 15.9 Å². The van der Waals surface area contributed by atoms with Gasteiger partial charge in [0.25, 0.3) is 0 Å². The lowest BCUT2D eigenvalue weighted by Crippen LogP contribution is -2.35. The van der Waals surface area contributed by atoms with Gasteiger partial charge in [-0.15, -0.1) is 0 Å². The highest BCUT2D eigenvalue weighted by molar-refractivity contribution is 9.08. The highest BCUT2D eigenvalue weighted by atomic mass is 79.9. The maximum Gasteiger partial charge on any atom is 0.240 e. The number of hydrogen-bond acceptors (Lipinski definition) is 4. The van der Waals surface area contributed by atoms with Crippen molar-refractivity contribution < 1.29 is 17.9 Å². The van der Waals surface area contributed by atoms with Crippen molar-refractivity contribution in [3.8, 4) is 0 Å². The summed E-state index contributed by atoms with van der Waals surface area (Å²) in [5, 5.41) is 0.692. The van der Waals surface area contributed by atoms with Crippen LogP contribution in [-0.4, -0.2) is 34.5 Å². The summed E-state index contributed by atoms with van der Waals surface area (Å²) in [4.78, 5) is 0.231. The van der Waals surface area contributed by atoms with Gasteiger partial charge < -0.3 is 9.47 Å². The number of alkyl halides is 1. The lowest BCUT2D eigenvalue weighted by atomic mass is 10.2. The van der Waals surface area contributed by atoms with Gasteiger partial charge in [0.15, 0.2) is 6.29 Å². The van der Waals surface area contributed by atoms with E-state index >= 15 is 0 Å². The Bertz CT molecular complexity index is 484. The first-order valence-electron chi connectivity index (χ1n) is 6.41. The smallest absolute Gasteiger partial charge is 0.240 e. The standard InChI is InChI=1S/C13H20BrNO4S/c1-3-18-13(19-4-2)10-15-20(16,17)12-7-5-11(9-14)6-8-12/h5-8,13,15H,3-4,9-10H2,1-2H3. The number of ether oxygens (including phenoxy) is 2. The highest BCUT2D eigenvalue weighted by Crippen LogP contribution is 2.12. The average molecular weight is 366 g/mol. The molecule has 1 N–H and O–H groups in total. The molecular weight excluding hydrogens is 346 g/mol. The van der Waals surface area contributed by atoms with Crippen LogP contribution < -0.4 is 4.72 Å². The van der Waals surface area contributed by atoms with Crippen LogP contribution in [0.1, 0.15) is 19.4 Å². The predicted octanol–water partition coefficient (Wildman–Crippen LogP) is 2.26. The SMILES string of the molecule is CCOC(CNS(=O)(=O)c1ccc(CBr)cc1)OCC. The zero-order valence-electron chi connectivity index (χ0n) is 11.6. The van der Waals surface area contributed by atoms with Crippen molar-refractivity contribution in [3.05, 3.63) is 29.8 Å². The second kappa shape index (κ2) is 8.74.